The first-order chi connectivity index (χ1) is 14.0. The van der Waals surface area contributed by atoms with Crippen molar-refractivity contribution in [3.05, 3.63) is 60.2 Å². The number of para-hydroxylation sites is 2. The van der Waals surface area contributed by atoms with E-state index in [-0.39, 0.29) is 16.5 Å². The third-order valence-corrected chi connectivity index (χ3v) is 5.48. The van der Waals surface area contributed by atoms with Crippen LogP contribution in [0.2, 0.25) is 0 Å². The van der Waals surface area contributed by atoms with E-state index in [9.17, 15) is 14.7 Å². The monoisotopic (exact) mass is 413 g/mol. The summed E-state index contributed by atoms with van der Waals surface area (Å²) in [6, 6.07) is 15.6. The van der Waals surface area contributed by atoms with Crippen LogP contribution in [0.5, 0.6) is 5.95 Å². The molecule has 1 atom stereocenters. The van der Waals surface area contributed by atoms with E-state index in [2.05, 4.69) is 10.6 Å². The van der Waals surface area contributed by atoms with Crippen LogP contribution in [0.3, 0.4) is 0 Å². The third-order valence-electron chi connectivity index (χ3n) is 4.08. The lowest BCUT2D eigenvalue weighted by Crippen LogP contribution is -2.36. The molecule has 1 unspecified atom stereocenters. The maximum absolute atomic E-state index is 12.8. The molecule has 0 aliphatic carbocycles. The predicted molar refractivity (Wildman–Crippen MR) is 104 cm³/mol. The van der Waals surface area contributed by atoms with Gasteiger partial charge in [-0.15, -0.1) is 0 Å². The van der Waals surface area contributed by atoms with Gasteiger partial charge in [-0.1, -0.05) is 37.3 Å². The standard InChI is InChI=1S/C20H19N3O5S/c1-3-16(17(24)21-15-12-8-7-11-14(15)19(25)27-2)29-18-20(26)28-22-23(18)13-9-5-4-6-10-13/h4-12,16H,3H2,1-2H3,(H-,21,22,24,25,26). The first-order valence-corrected chi connectivity index (χ1v) is 9.72. The number of thioether (sulfide) groups is 1. The summed E-state index contributed by atoms with van der Waals surface area (Å²) < 4.78 is 10.9. The van der Waals surface area contributed by atoms with E-state index >= 15 is 0 Å². The van der Waals surface area contributed by atoms with E-state index in [1.807, 2.05) is 25.1 Å². The number of rotatable bonds is 7. The number of benzene rings is 2. The molecule has 1 heterocycles. The fourth-order valence-corrected chi connectivity index (χ4v) is 3.60. The number of methoxy groups -OCH3 is 1. The number of hydrogen-bond donors (Lipinski definition) is 1. The molecule has 0 saturated carbocycles. The van der Waals surface area contributed by atoms with Crippen molar-refractivity contribution in [2.45, 2.75) is 23.6 Å². The van der Waals surface area contributed by atoms with Crippen molar-refractivity contribution in [2.24, 2.45) is 0 Å². The quantitative estimate of drug-likeness (QED) is 0.360. The summed E-state index contributed by atoms with van der Waals surface area (Å²) in [4.78, 5) is 24.8. The number of anilines is 1. The molecule has 0 spiro atoms. The summed E-state index contributed by atoms with van der Waals surface area (Å²) >= 11 is 1.06. The summed E-state index contributed by atoms with van der Waals surface area (Å²) in [7, 11) is 1.27. The van der Waals surface area contributed by atoms with E-state index in [0.29, 0.717) is 17.8 Å². The lowest BCUT2D eigenvalue weighted by atomic mass is 10.1. The molecule has 1 aromatic heterocycles. The van der Waals surface area contributed by atoms with Crippen LogP contribution in [0.15, 0.2) is 64.1 Å². The Hall–Kier alpha value is -3.33. The van der Waals surface area contributed by atoms with Gasteiger partial charge in [-0.25, -0.2) is 4.79 Å². The maximum atomic E-state index is 12.8. The van der Waals surface area contributed by atoms with Gasteiger partial charge in [0.25, 0.3) is 5.03 Å². The van der Waals surface area contributed by atoms with Crippen LogP contribution in [0.4, 0.5) is 5.69 Å². The van der Waals surface area contributed by atoms with Crippen LogP contribution in [0.25, 0.3) is 5.69 Å². The molecule has 3 rings (SSSR count). The van der Waals surface area contributed by atoms with Gasteiger partial charge >= 0.3 is 5.97 Å². The van der Waals surface area contributed by atoms with Gasteiger partial charge in [0.15, 0.2) is 5.95 Å². The van der Waals surface area contributed by atoms with E-state index in [1.165, 1.54) is 11.8 Å². The summed E-state index contributed by atoms with van der Waals surface area (Å²) in [5.74, 6) is -1.53. The highest BCUT2D eigenvalue weighted by Crippen LogP contribution is 2.30. The Balaban J connectivity index is 1.83. The molecule has 2 aromatic carbocycles. The number of nitrogens with one attached hydrogen (secondary N) is 1. The molecule has 0 aliphatic rings. The molecular weight excluding hydrogens is 394 g/mol. The number of carbonyl (C=O) groups is 2. The number of ether oxygens (including phenoxy) is 1. The van der Waals surface area contributed by atoms with E-state index in [4.69, 9.17) is 9.26 Å². The number of nitrogens with zero attached hydrogens (tertiary/aromatic N) is 2. The topological polar surface area (TPSA) is 108 Å². The number of carbonyl (C=O) groups excluding carboxylic acids is 2. The van der Waals surface area contributed by atoms with Crippen LogP contribution < -0.4 is 15.1 Å². The average molecular weight is 413 g/mol. The summed E-state index contributed by atoms with van der Waals surface area (Å²) in [6.07, 6.45) is 0.441. The molecule has 150 valence electrons. The van der Waals surface area contributed by atoms with E-state index in [1.54, 1.807) is 36.4 Å². The van der Waals surface area contributed by atoms with Crippen molar-refractivity contribution < 1.29 is 28.6 Å². The van der Waals surface area contributed by atoms with Crippen LogP contribution in [0, 0.1) is 0 Å². The second-order valence-corrected chi connectivity index (χ2v) is 7.15. The lowest BCUT2D eigenvalue weighted by Gasteiger charge is -2.14. The summed E-state index contributed by atoms with van der Waals surface area (Å²) in [5, 5.41) is 18.3. The third kappa shape index (κ3) is 4.57. The second-order valence-electron chi connectivity index (χ2n) is 5.95. The van der Waals surface area contributed by atoms with Gasteiger partial charge in [0.1, 0.15) is 0 Å². The highest BCUT2D eigenvalue weighted by molar-refractivity contribution is 8.00. The Morgan fingerprint density at radius 3 is 2.59 bits per heavy atom. The largest absolute Gasteiger partial charge is 0.538 e. The molecule has 1 N–H and O–H groups in total. The van der Waals surface area contributed by atoms with Gasteiger partial charge in [-0.2, -0.15) is 0 Å². The van der Waals surface area contributed by atoms with Crippen molar-refractivity contribution in [2.75, 3.05) is 12.4 Å². The first-order valence-electron chi connectivity index (χ1n) is 8.84. The first kappa shape index (κ1) is 20.4. The van der Waals surface area contributed by atoms with Crippen LogP contribution in [0.1, 0.15) is 23.7 Å². The van der Waals surface area contributed by atoms with Crippen LogP contribution >= 0.6 is 11.8 Å². The number of amides is 1. The van der Waals surface area contributed by atoms with Crippen molar-refractivity contribution in [3.63, 3.8) is 0 Å². The van der Waals surface area contributed by atoms with Gasteiger partial charge in [0.05, 0.1) is 28.9 Å². The van der Waals surface area contributed by atoms with Crippen molar-refractivity contribution in [1.82, 2.24) is 5.27 Å². The zero-order valence-corrected chi connectivity index (χ0v) is 16.6. The van der Waals surface area contributed by atoms with Crippen LogP contribution in [-0.4, -0.2) is 29.5 Å². The summed E-state index contributed by atoms with van der Waals surface area (Å²) in [6.45, 7) is 1.83. The van der Waals surface area contributed by atoms with Gasteiger partial charge in [-0.3, -0.25) is 4.79 Å². The predicted octanol–water partition coefficient (Wildman–Crippen LogP) is 2.32. The van der Waals surface area contributed by atoms with Gasteiger partial charge in [-0.05, 0) is 35.0 Å². The molecule has 0 saturated heterocycles. The number of aromatic nitrogens is 2. The van der Waals surface area contributed by atoms with Gasteiger partial charge in [0.2, 0.25) is 11.6 Å². The molecular formula is C20H19N3O5S. The molecule has 0 radical (unpaired) electrons. The minimum absolute atomic E-state index is 0.194. The Morgan fingerprint density at radius 1 is 1.21 bits per heavy atom. The Labute approximate surface area is 171 Å². The minimum atomic E-state index is -0.625. The Kier molecular flexibility index (Phi) is 6.50. The van der Waals surface area contributed by atoms with Crippen LogP contribution in [-0.2, 0) is 9.53 Å². The summed E-state index contributed by atoms with van der Waals surface area (Å²) in [5.41, 5.74) is 1.23. The molecule has 0 aliphatic heterocycles. The Bertz CT molecular complexity index is 1010. The highest BCUT2D eigenvalue weighted by atomic mass is 32.2. The number of esters is 1. The van der Waals surface area contributed by atoms with E-state index < -0.39 is 17.2 Å². The SMILES string of the molecule is CCC(Sc1c([O-])on[n+]1-c1ccccc1)C(=O)Nc1ccccc1C(=O)OC. The molecule has 1 amide bonds. The molecule has 8 nitrogen and oxygen atoms in total. The minimum Gasteiger partial charge on any atom is -0.538 e. The molecule has 3 aromatic rings. The molecule has 0 bridgehead atoms. The van der Waals surface area contributed by atoms with Crippen molar-refractivity contribution in [3.8, 4) is 11.6 Å². The lowest BCUT2D eigenvalue weighted by molar-refractivity contribution is -0.705. The maximum Gasteiger partial charge on any atom is 0.339 e. The number of hydrogen-bond acceptors (Lipinski definition) is 7. The average Bonchev–Trinajstić information content (AvgIpc) is 3.12. The fraction of sp³-hybridized carbons (Fsp3) is 0.200. The normalized spacial score (nSPS) is 11.7. The van der Waals surface area contributed by atoms with Gasteiger partial charge in [0, 0.05) is 12.1 Å². The highest BCUT2D eigenvalue weighted by Gasteiger charge is 2.28. The van der Waals surface area contributed by atoms with Gasteiger partial charge < -0.3 is 19.7 Å². The zero-order chi connectivity index (χ0) is 20.8. The van der Waals surface area contributed by atoms with Crippen molar-refractivity contribution in [1.29, 1.82) is 0 Å². The smallest absolute Gasteiger partial charge is 0.339 e. The fourth-order valence-electron chi connectivity index (χ4n) is 2.62. The van der Waals surface area contributed by atoms with Crippen molar-refractivity contribution >= 4 is 29.3 Å². The Morgan fingerprint density at radius 2 is 1.90 bits per heavy atom. The molecule has 9 heteroatoms. The zero-order valence-electron chi connectivity index (χ0n) is 15.8. The molecule has 29 heavy (non-hydrogen) atoms. The van der Waals surface area contributed by atoms with E-state index in [0.717, 1.165) is 11.8 Å². The second kappa shape index (κ2) is 9.24. The molecule has 0 fully saturated rings.